The van der Waals surface area contributed by atoms with Gasteiger partial charge < -0.3 is 29.9 Å². The fourth-order valence-corrected chi connectivity index (χ4v) is 6.52. The number of carboxylic acid groups (broad SMARTS) is 1. The number of nitrogens with one attached hydrogen (secondary N) is 2. The van der Waals surface area contributed by atoms with Gasteiger partial charge in [-0.05, 0) is 68.9 Å². The largest absolute Gasteiger partial charge is 0.490 e. The van der Waals surface area contributed by atoms with E-state index in [9.17, 15) is 35.9 Å². The lowest BCUT2D eigenvalue weighted by molar-refractivity contribution is -0.192. The topological polar surface area (TPSA) is 131 Å². The molecule has 3 heterocycles. The van der Waals surface area contributed by atoms with E-state index in [1.165, 1.54) is 18.5 Å². The summed E-state index contributed by atoms with van der Waals surface area (Å²) in [6.07, 6.45) is -3.60. The van der Waals surface area contributed by atoms with Crippen LogP contribution in [0, 0.1) is 5.92 Å². The highest BCUT2D eigenvalue weighted by Gasteiger charge is 2.40. The number of halogens is 6. The number of aromatic nitrogens is 2. The molecular weight excluding hydrogens is 710 g/mol. The molecule has 1 aromatic heterocycles. The summed E-state index contributed by atoms with van der Waals surface area (Å²) in [6, 6.07) is 12.0. The first-order valence-corrected chi connectivity index (χ1v) is 17.3. The molecule has 0 unspecified atom stereocenters. The summed E-state index contributed by atoms with van der Waals surface area (Å²) < 4.78 is 80.2. The zero-order valence-electron chi connectivity index (χ0n) is 29.3. The number of piperidine rings is 1. The number of aromatic amines is 1. The standard InChI is InChI=1S/C34H41F3N6O3.C2HF3O2/c1-33(2,32(45)41-15-12-38-13-16-41)46-28-7-3-6-27(18-28)42-14-4-5-24(22-42)31(44)43(26-9-10-26)21-23-8-11-29(25-19-39-40-20-25)30(17-23)34(35,36)37;3-2(4,5)1(6)7/h3,6-8,11,17-20,24,26,38H,4-5,9-10,12-16,21-22H2,1-2H3,(H,39,40);(H,6,7)/t24-;/m1./s1. The number of hydrogen-bond acceptors (Lipinski definition) is 7. The maximum Gasteiger partial charge on any atom is 0.490 e. The lowest BCUT2D eigenvalue weighted by Gasteiger charge is -2.37. The minimum absolute atomic E-state index is 0.0187. The number of nitrogens with zero attached hydrogens (tertiary/aromatic N) is 4. The third-order valence-electron chi connectivity index (χ3n) is 9.31. The van der Waals surface area contributed by atoms with E-state index < -0.39 is 29.5 Å². The molecule has 1 aliphatic carbocycles. The van der Waals surface area contributed by atoms with Crippen LogP contribution in [0.2, 0.25) is 0 Å². The summed E-state index contributed by atoms with van der Waals surface area (Å²) in [5.74, 6) is -2.53. The van der Waals surface area contributed by atoms with Crippen molar-refractivity contribution in [1.82, 2.24) is 25.3 Å². The van der Waals surface area contributed by atoms with Gasteiger partial charge >= 0.3 is 18.3 Å². The van der Waals surface area contributed by atoms with Crippen molar-refractivity contribution in [1.29, 1.82) is 0 Å². The number of carboxylic acids is 1. The highest BCUT2D eigenvalue weighted by molar-refractivity contribution is 5.85. The molecule has 2 aliphatic heterocycles. The Hall–Kier alpha value is -4.80. The van der Waals surface area contributed by atoms with Gasteiger partial charge in [0.15, 0.2) is 5.60 Å². The summed E-state index contributed by atoms with van der Waals surface area (Å²) >= 11 is 0. The summed E-state index contributed by atoms with van der Waals surface area (Å²) in [4.78, 5) is 41.8. The van der Waals surface area contributed by atoms with Crippen LogP contribution in [0.25, 0.3) is 11.1 Å². The van der Waals surface area contributed by atoms with Crippen molar-refractivity contribution in [2.24, 2.45) is 5.92 Å². The van der Waals surface area contributed by atoms with Crippen molar-refractivity contribution >= 4 is 23.5 Å². The number of benzene rings is 2. The van der Waals surface area contributed by atoms with Crippen LogP contribution in [0.15, 0.2) is 54.9 Å². The van der Waals surface area contributed by atoms with Gasteiger partial charge in [0, 0.05) is 75.4 Å². The molecule has 3 aromatic rings. The second kappa shape index (κ2) is 16.1. The molecule has 2 amide bonds. The number of carbonyl (C=O) groups excluding carboxylic acids is 2. The molecule has 2 saturated heterocycles. The fourth-order valence-electron chi connectivity index (χ4n) is 6.52. The number of hydrogen-bond donors (Lipinski definition) is 3. The minimum Gasteiger partial charge on any atom is -0.478 e. The first-order valence-electron chi connectivity index (χ1n) is 17.3. The van der Waals surface area contributed by atoms with E-state index >= 15 is 0 Å². The van der Waals surface area contributed by atoms with E-state index in [4.69, 9.17) is 14.6 Å². The first kappa shape index (κ1) is 39.4. The van der Waals surface area contributed by atoms with E-state index in [1.54, 1.807) is 24.8 Å². The van der Waals surface area contributed by atoms with Gasteiger partial charge in [-0.25, -0.2) is 4.79 Å². The molecule has 288 valence electrons. The van der Waals surface area contributed by atoms with Gasteiger partial charge in [-0.1, -0.05) is 18.2 Å². The highest BCUT2D eigenvalue weighted by atomic mass is 19.4. The third-order valence-corrected chi connectivity index (χ3v) is 9.31. The predicted molar refractivity (Wildman–Crippen MR) is 182 cm³/mol. The number of alkyl halides is 6. The molecule has 11 nitrogen and oxygen atoms in total. The van der Waals surface area contributed by atoms with Crippen molar-refractivity contribution in [2.45, 2.75) is 70.1 Å². The van der Waals surface area contributed by atoms with Crippen LogP contribution < -0.4 is 15.0 Å². The van der Waals surface area contributed by atoms with E-state index in [2.05, 4.69) is 20.4 Å². The zero-order valence-corrected chi connectivity index (χ0v) is 29.3. The maximum absolute atomic E-state index is 14.1. The Balaban J connectivity index is 0.000000705. The number of amides is 2. The fraction of sp³-hybridized carbons (Fsp3) is 0.500. The molecule has 1 atom stereocenters. The second-order valence-corrected chi connectivity index (χ2v) is 13.8. The Morgan fingerprint density at radius 2 is 1.68 bits per heavy atom. The quantitative estimate of drug-likeness (QED) is 0.237. The number of H-pyrrole nitrogens is 1. The Morgan fingerprint density at radius 3 is 2.28 bits per heavy atom. The molecular formula is C36H42F6N6O5. The van der Waals surface area contributed by atoms with Gasteiger partial charge in [-0.3, -0.25) is 14.7 Å². The summed E-state index contributed by atoms with van der Waals surface area (Å²) in [5.41, 5.74) is 0.00119. The predicted octanol–water partition coefficient (Wildman–Crippen LogP) is 5.73. The molecule has 3 aliphatic rings. The van der Waals surface area contributed by atoms with Crippen molar-refractivity contribution < 1.29 is 50.6 Å². The SMILES string of the molecule is CC(C)(Oc1cccc(N2CCC[C@@H](C(=O)N(Cc3ccc(-c4cn[nH]c4)c(C(F)(F)F)c3)C3CC3)C2)c1)C(=O)N1CCNCC1.O=C(O)C(F)(F)F. The van der Waals surface area contributed by atoms with Gasteiger partial charge in [0.25, 0.3) is 5.91 Å². The van der Waals surface area contributed by atoms with Crippen molar-refractivity contribution in [3.63, 3.8) is 0 Å². The van der Waals surface area contributed by atoms with Crippen molar-refractivity contribution in [3.8, 4) is 16.9 Å². The number of aliphatic carboxylic acids is 1. The highest BCUT2D eigenvalue weighted by Crippen LogP contribution is 2.39. The van der Waals surface area contributed by atoms with Crippen LogP contribution >= 0.6 is 0 Å². The number of ether oxygens (including phenoxy) is 1. The number of carbonyl (C=O) groups is 3. The molecule has 0 radical (unpaired) electrons. The molecule has 53 heavy (non-hydrogen) atoms. The lowest BCUT2D eigenvalue weighted by Crippen LogP contribution is -2.54. The van der Waals surface area contributed by atoms with E-state index in [0.717, 1.165) is 50.7 Å². The molecule has 2 aromatic carbocycles. The maximum atomic E-state index is 14.1. The monoisotopic (exact) mass is 752 g/mol. The molecule has 3 N–H and O–H groups in total. The molecule has 17 heteroatoms. The Kier molecular flexibility index (Phi) is 11.9. The summed E-state index contributed by atoms with van der Waals surface area (Å²) in [5, 5.41) is 16.8. The smallest absolute Gasteiger partial charge is 0.478 e. The second-order valence-electron chi connectivity index (χ2n) is 13.8. The van der Waals surface area contributed by atoms with Crippen LogP contribution in [-0.2, 0) is 27.1 Å². The van der Waals surface area contributed by atoms with Crippen molar-refractivity contribution in [3.05, 3.63) is 66.0 Å². The lowest BCUT2D eigenvalue weighted by atomic mass is 9.95. The molecule has 3 fully saturated rings. The Bertz CT molecular complexity index is 1740. The number of rotatable bonds is 9. The van der Waals surface area contributed by atoms with Crippen LogP contribution in [0.4, 0.5) is 32.0 Å². The average Bonchev–Trinajstić information content (AvgIpc) is 3.82. The van der Waals surface area contributed by atoms with Crippen LogP contribution in [-0.4, -0.2) is 100.0 Å². The third kappa shape index (κ3) is 10.2. The first-order chi connectivity index (χ1) is 24.9. The molecule has 6 rings (SSSR count). The molecule has 0 spiro atoms. The van der Waals surface area contributed by atoms with Gasteiger partial charge in [0.2, 0.25) is 5.91 Å². The van der Waals surface area contributed by atoms with Gasteiger partial charge in [-0.2, -0.15) is 31.4 Å². The zero-order chi connectivity index (χ0) is 38.6. The van der Waals surface area contributed by atoms with Crippen LogP contribution in [0.3, 0.4) is 0 Å². The Labute approximate surface area is 302 Å². The van der Waals surface area contributed by atoms with Gasteiger partial charge in [0.05, 0.1) is 17.7 Å². The molecule has 0 bridgehead atoms. The van der Waals surface area contributed by atoms with Crippen molar-refractivity contribution in [2.75, 3.05) is 44.2 Å². The van der Waals surface area contributed by atoms with E-state index in [-0.39, 0.29) is 35.9 Å². The van der Waals surface area contributed by atoms with Crippen LogP contribution in [0.5, 0.6) is 5.75 Å². The summed E-state index contributed by atoms with van der Waals surface area (Å²) in [6.45, 7) is 7.79. The number of anilines is 1. The van der Waals surface area contributed by atoms with E-state index in [0.29, 0.717) is 42.9 Å². The Morgan fingerprint density at radius 1 is 0.981 bits per heavy atom. The van der Waals surface area contributed by atoms with Crippen LogP contribution in [0.1, 0.15) is 50.7 Å². The normalized spacial score (nSPS) is 18.2. The minimum atomic E-state index is -5.08. The summed E-state index contributed by atoms with van der Waals surface area (Å²) in [7, 11) is 0. The van der Waals surface area contributed by atoms with Gasteiger partial charge in [-0.15, -0.1) is 0 Å². The number of piperazine rings is 1. The molecule has 1 saturated carbocycles. The van der Waals surface area contributed by atoms with E-state index in [1.807, 2.05) is 29.2 Å². The average molecular weight is 753 g/mol. The van der Waals surface area contributed by atoms with Gasteiger partial charge in [0.1, 0.15) is 5.75 Å².